The Bertz CT molecular complexity index is 832. The van der Waals surface area contributed by atoms with Gasteiger partial charge in [0, 0.05) is 24.7 Å². The van der Waals surface area contributed by atoms with Crippen molar-refractivity contribution in [3.05, 3.63) is 65.5 Å². The molecule has 2 aromatic carbocycles. The van der Waals surface area contributed by atoms with E-state index >= 15 is 0 Å². The lowest BCUT2D eigenvalue weighted by atomic mass is 10.0. The van der Waals surface area contributed by atoms with Crippen molar-refractivity contribution in [1.82, 2.24) is 10.2 Å². The molecule has 0 radical (unpaired) electrons. The van der Waals surface area contributed by atoms with Crippen molar-refractivity contribution in [2.75, 3.05) is 20.2 Å². The van der Waals surface area contributed by atoms with Crippen LogP contribution in [0.5, 0.6) is 5.75 Å². The summed E-state index contributed by atoms with van der Waals surface area (Å²) in [7, 11) is 1.60. The number of methoxy groups -OCH3 is 1. The number of halogens is 1. The van der Waals surface area contributed by atoms with Crippen LogP contribution in [0.1, 0.15) is 24.0 Å². The smallest absolute Gasteiger partial charge is 0.227 e. The molecule has 2 aromatic rings. The Hall–Kier alpha value is -2.89. The summed E-state index contributed by atoms with van der Waals surface area (Å²) in [5.74, 6) is 0.320. The summed E-state index contributed by atoms with van der Waals surface area (Å²) in [6.07, 6.45) is 1.89. The molecule has 0 spiro atoms. The van der Waals surface area contributed by atoms with Gasteiger partial charge in [0.1, 0.15) is 11.6 Å². The first-order chi connectivity index (χ1) is 13.5. The molecule has 28 heavy (non-hydrogen) atoms. The van der Waals surface area contributed by atoms with Gasteiger partial charge in [-0.3, -0.25) is 9.59 Å². The van der Waals surface area contributed by atoms with Crippen molar-refractivity contribution in [2.24, 2.45) is 0 Å². The maximum Gasteiger partial charge on any atom is 0.227 e. The zero-order valence-corrected chi connectivity index (χ0v) is 16.0. The number of carbonyl (C=O) groups is 2. The first-order valence-corrected chi connectivity index (χ1v) is 9.48. The Labute approximate surface area is 164 Å². The van der Waals surface area contributed by atoms with E-state index in [0.29, 0.717) is 37.9 Å². The number of amides is 2. The number of hydrogen-bond acceptors (Lipinski definition) is 3. The number of ether oxygens (including phenoxy) is 1. The second kappa shape index (κ2) is 9.35. The molecule has 0 atom stereocenters. The van der Waals surface area contributed by atoms with Crippen molar-refractivity contribution in [2.45, 2.75) is 31.7 Å². The molecule has 1 heterocycles. The summed E-state index contributed by atoms with van der Waals surface area (Å²) in [5.41, 5.74) is 1.53. The van der Waals surface area contributed by atoms with E-state index in [1.165, 1.54) is 12.1 Å². The summed E-state index contributed by atoms with van der Waals surface area (Å²) in [4.78, 5) is 26.6. The van der Waals surface area contributed by atoms with Crippen LogP contribution in [-0.4, -0.2) is 43.0 Å². The van der Waals surface area contributed by atoms with Crippen LogP contribution in [0.2, 0.25) is 0 Å². The highest BCUT2D eigenvalue weighted by Crippen LogP contribution is 2.20. The number of nitrogens with zero attached hydrogens (tertiary/aromatic N) is 1. The van der Waals surface area contributed by atoms with Crippen LogP contribution in [0.15, 0.2) is 48.5 Å². The van der Waals surface area contributed by atoms with Gasteiger partial charge in [-0.1, -0.05) is 30.3 Å². The topological polar surface area (TPSA) is 58.6 Å². The highest BCUT2D eigenvalue weighted by atomic mass is 19.1. The molecule has 1 saturated heterocycles. The van der Waals surface area contributed by atoms with E-state index < -0.39 is 0 Å². The number of carbonyl (C=O) groups excluding carboxylic acids is 2. The van der Waals surface area contributed by atoms with Crippen molar-refractivity contribution in [3.8, 4) is 5.75 Å². The van der Waals surface area contributed by atoms with Crippen molar-refractivity contribution in [1.29, 1.82) is 0 Å². The zero-order valence-electron chi connectivity index (χ0n) is 16.0. The van der Waals surface area contributed by atoms with Gasteiger partial charge in [0.05, 0.1) is 20.0 Å². The Kier molecular flexibility index (Phi) is 6.63. The SMILES string of the molecule is COc1ccccc1CC(=O)N1CCC(NC(=O)Cc2cccc(F)c2)CC1. The third-order valence-electron chi connectivity index (χ3n) is 5.00. The minimum atomic E-state index is -0.341. The zero-order chi connectivity index (χ0) is 19.9. The number of likely N-dealkylation sites (tertiary alicyclic amines) is 1. The second-order valence-corrected chi connectivity index (χ2v) is 7.02. The van der Waals surface area contributed by atoms with E-state index in [1.807, 2.05) is 29.2 Å². The predicted octanol–water partition coefficient (Wildman–Crippen LogP) is 2.73. The van der Waals surface area contributed by atoms with Gasteiger partial charge in [0.15, 0.2) is 0 Å². The summed E-state index contributed by atoms with van der Waals surface area (Å²) in [5, 5.41) is 2.99. The lowest BCUT2D eigenvalue weighted by molar-refractivity contribution is -0.131. The third-order valence-corrected chi connectivity index (χ3v) is 5.00. The Morgan fingerprint density at radius 2 is 1.86 bits per heavy atom. The van der Waals surface area contributed by atoms with E-state index in [9.17, 15) is 14.0 Å². The summed E-state index contributed by atoms with van der Waals surface area (Å²) in [6.45, 7) is 1.22. The number of piperidine rings is 1. The van der Waals surface area contributed by atoms with Crippen LogP contribution in [0.4, 0.5) is 4.39 Å². The van der Waals surface area contributed by atoms with Gasteiger partial charge in [-0.2, -0.15) is 0 Å². The fourth-order valence-electron chi connectivity index (χ4n) is 3.51. The number of rotatable bonds is 6. The number of nitrogens with one attached hydrogen (secondary N) is 1. The van der Waals surface area contributed by atoms with Gasteiger partial charge >= 0.3 is 0 Å². The van der Waals surface area contributed by atoms with Crippen LogP contribution in [0.25, 0.3) is 0 Å². The molecule has 148 valence electrons. The standard InChI is InChI=1S/C22H25FN2O3/c1-28-20-8-3-2-6-17(20)15-22(27)25-11-9-19(10-12-25)24-21(26)14-16-5-4-7-18(23)13-16/h2-8,13,19H,9-12,14-15H2,1H3,(H,24,26). The molecule has 6 heteroatoms. The van der Waals surface area contributed by atoms with Gasteiger partial charge in [-0.15, -0.1) is 0 Å². The molecule has 1 aliphatic rings. The molecule has 0 unspecified atom stereocenters. The Morgan fingerprint density at radius 1 is 1.11 bits per heavy atom. The Morgan fingerprint density at radius 3 is 2.57 bits per heavy atom. The third kappa shape index (κ3) is 5.31. The molecule has 3 rings (SSSR count). The van der Waals surface area contributed by atoms with Crippen LogP contribution in [0, 0.1) is 5.82 Å². The van der Waals surface area contributed by atoms with Crippen LogP contribution >= 0.6 is 0 Å². The average Bonchev–Trinajstić information content (AvgIpc) is 2.69. The predicted molar refractivity (Wildman–Crippen MR) is 105 cm³/mol. The summed E-state index contributed by atoms with van der Waals surface area (Å²) < 4.78 is 18.5. The largest absolute Gasteiger partial charge is 0.496 e. The molecule has 2 amide bonds. The van der Waals surface area contributed by atoms with Crippen LogP contribution < -0.4 is 10.1 Å². The lowest BCUT2D eigenvalue weighted by Gasteiger charge is -2.32. The molecular weight excluding hydrogens is 359 g/mol. The van der Waals surface area contributed by atoms with Gasteiger partial charge in [-0.25, -0.2) is 4.39 Å². The first kappa shape index (κ1) is 19.9. The molecule has 5 nitrogen and oxygen atoms in total. The second-order valence-electron chi connectivity index (χ2n) is 7.02. The molecule has 0 bridgehead atoms. The molecule has 0 aromatic heterocycles. The highest BCUT2D eigenvalue weighted by Gasteiger charge is 2.24. The van der Waals surface area contributed by atoms with Gasteiger partial charge < -0.3 is 15.0 Å². The first-order valence-electron chi connectivity index (χ1n) is 9.48. The fourth-order valence-corrected chi connectivity index (χ4v) is 3.51. The van der Waals surface area contributed by atoms with E-state index in [2.05, 4.69) is 5.32 Å². The molecule has 0 aliphatic carbocycles. The lowest BCUT2D eigenvalue weighted by Crippen LogP contribution is -2.47. The van der Waals surface area contributed by atoms with Gasteiger partial charge in [-0.05, 0) is 36.6 Å². The van der Waals surface area contributed by atoms with Crippen LogP contribution in [-0.2, 0) is 22.4 Å². The van der Waals surface area contributed by atoms with Crippen molar-refractivity contribution >= 4 is 11.8 Å². The van der Waals surface area contributed by atoms with Crippen molar-refractivity contribution < 1.29 is 18.7 Å². The molecule has 0 saturated carbocycles. The Balaban J connectivity index is 1.46. The molecule has 1 aliphatic heterocycles. The maximum absolute atomic E-state index is 13.2. The normalized spacial score (nSPS) is 14.6. The highest BCUT2D eigenvalue weighted by molar-refractivity contribution is 5.80. The number of para-hydroxylation sites is 1. The van der Waals surface area contributed by atoms with E-state index in [-0.39, 0.29) is 30.1 Å². The summed E-state index contributed by atoms with van der Waals surface area (Å²) in [6, 6.07) is 13.6. The minimum Gasteiger partial charge on any atom is -0.496 e. The monoisotopic (exact) mass is 384 g/mol. The van der Waals surface area contributed by atoms with Gasteiger partial charge in [0.2, 0.25) is 11.8 Å². The number of benzene rings is 2. The van der Waals surface area contributed by atoms with E-state index in [0.717, 1.165) is 11.3 Å². The minimum absolute atomic E-state index is 0.0383. The molecule has 1 fully saturated rings. The quantitative estimate of drug-likeness (QED) is 0.833. The average molecular weight is 384 g/mol. The van der Waals surface area contributed by atoms with E-state index in [1.54, 1.807) is 19.2 Å². The fraction of sp³-hybridized carbons (Fsp3) is 0.364. The van der Waals surface area contributed by atoms with Crippen LogP contribution in [0.3, 0.4) is 0 Å². The van der Waals surface area contributed by atoms with Gasteiger partial charge in [0.25, 0.3) is 0 Å². The number of hydrogen-bond donors (Lipinski definition) is 1. The molecule has 1 N–H and O–H groups in total. The van der Waals surface area contributed by atoms with Crippen molar-refractivity contribution in [3.63, 3.8) is 0 Å². The molecular formula is C22H25FN2O3. The van der Waals surface area contributed by atoms with E-state index in [4.69, 9.17) is 4.74 Å². The summed E-state index contributed by atoms with van der Waals surface area (Å²) >= 11 is 0. The maximum atomic E-state index is 13.2.